The SMILES string of the molecule is C=COc1cccc2c1nc(N)n1nc(CC(C)N3Cc4ccc(F)cc4C3)nc21. The summed E-state index contributed by atoms with van der Waals surface area (Å²) < 4.78 is 20.5. The van der Waals surface area contributed by atoms with Crippen molar-refractivity contribution in [1.29, 1.82) is 0 Å². The van der Waals surface area contributed by atoms with E-state index in [-0.39, 0.29) is 17.8 Å². The maximum atomic E-state index is 13.5. The van der Waals surface area contributed by atoms with E-state index in [1.54, 1.807) is 16.6 Å². The minimum Gasteiger partial charge on any atom is -0.463 e. The summed E-state index contributed by atoms with van der Waals surface area (Å²) in [6, 6.07) is 10.8. The molecule has 3 heterocycles. The number of para-hydroxylation sites is 1. The lowest BCUT2D eigenvalue weighted by Crippen LogP contribution is -2.30. The van der Waals surface area contributed by atoms with Crippen LogP contribution in [0.3, 0.4) is 0 Å². The summed E-state index contributed by atoms with van der Waals surface area (Å²) in [5, 5.41) is 5.39. The van der Waals surface area contributed by atoms with Crippen LogP contribution in [0, 0.1) is 5.82 Å². The van der Waals surface area contributed by atoms with Crippen molar-refractivity contribution in [3.05, 3.63) is 72.0 Å². The molecule has 0 saturated heterocycles. The molecular weight excluding hydrogens is 383 g/mol. The fraction of sp³-hybridized carbons (Fsp3) is 0.227. The largest absolute Gasteiger partial charge is 0.463 e. The Labute approximate surface area is 172 Å². The van der Waals surface area contributed by atoms with Crippen molar-refractivity contribution in [2.45, 2.75) is 32.5 Å². The summed E-state index contributed by atoms with van der Waals surface area (Å²) in [5.41, 5.74) is 9.61. The van der Waals surface area contributed by atoms with Gasteiger partial charge in [-0.2, -0.15) is 4.52 Å². The lowest BCUT2D eigenvalue weighted by Gasteiger charge is -2.22. The number of benzene rings is 2. The second-order valence-electron chi connectivity index (χ2n) is 7.54. The zero-order valence-electron chi connectivity index (χ0n) is 16.5. The van der Waals surface area contributed by atoms with Gasteiger partial charge < -0.3 is 10.5 Å². The molecule has 2 aromatic heterocycles. The third-order valence-corrected chi connectivity index (χ3v) is 5.56. The van der Waals surface area contributed by atoms with Gasteiger partial charge in [0, 0.05) is 30.9 Å². The van der Waals surface area contributed by atoms with Crippen LogP contribution in [0.25, 0.3) is 16.6 Å². The van der Waals surface area contributed by atoms with Crippen molar-refractivity contribution in [2.75, 3.05) is 5.73 Å². The summed E-state index contributed by atoms with van der Waals surface area (Å²) in [6.07, 6.45) is 2.00. The van der Waals surface area contributed by atoms with E-state index in [2.05, 4.69) is 28.5 Å². The fourth-order valence-electron chi connectivity index (χ4n) is 4.03. The van der Waals surface area contributed by atoms with E-state index in [0.29, 0.717) is 29.2 Å². The van der Waals surface area contributed by atoms with Crippen LogP contribution in [-0.2, 0) is 19.5 Å². The number of aromatic nitrogens is 4. The third-order valence-electron chi connectivity index (χ3n) is 5.56. The highest BCUT2D eigenvalue weighted by Gasteiger charge is 2.25. The molecule has 0 fully saturated rings. The molecule has 8 heteroatoms. The molecule has 1 unspecified atom stereocenters. The molecule has 0 spiro atoms. The van der Waals surface area contributed by atoms with E-state index in [4.69, 9.17) is 15.5 Å². The highest BCUT2D eigenvalue weighted by Crippen LogP contribution is 2.29. The monoisotopic (exact) mass is 404 g/mol. The van der Waals surface area contributed by atoms with Crippen molar-refractivity contribution in [3.8, 4) is 5.75 Å². The van der Waals surface area contributed by atoms with Gasteiger partial charge in [-0.25, -0.2) is 14.4 Å². The lowest BCUT2D eigenvalue weighted by atomic mass is 10.1. The molecule has 1 atom stereocenters. The minimum absolute atomic E-state index is 0.179. The molecule has 0 aliphatic carbocycles. The second kappa shape index (κ2) is 7.07. The second-order valence-corrected chi connectivity index (χ2v) is 7.54. The summed E-state index contributed by atoms with van der Waals surface area (Å²) in [4.78, 5) is 11.5. The Balaban J connectivity index is 1.45. The molecular formula is C22H21FN6O. The zero-order chi connectivity index (χ0) is 20.8. The number of fused-ring (bicyclic) bond motifs is 4. The van der Waals surface area contributed by atoms with Gasteiger partial charge in [-0.15, -0.1) is 5.10 Å². The topological polar surface area (TPSA) is 81.6 Å². The number of anilines is 1. The van der Waals surface area contributed by atoms with Crippen LogP contribution in [0.5, 0.6) is 5.75 Å². The van der Waals surface area contributed by atoms with Crippen molar-refractivity contribution < 1.29 is 9.13 Å². The molecule has 1 aliphatic heterocycles. The molecule has 1 aliphatic rings. The molecule has 0 radical (unpaired) electrons. The van der Waals surface area contributed by atoms with Gasteiger partial charge in [0.1, 0.15) is 11.3 Å². The number of hydrogen-bond donors (Lipinski definition) is 1. The summed E-state index contributed by atoms with van der Waals surface area (Å²) in [7, 11) is 0. The maximum Gasteiger partial charge on any atom is 0.223 e. The van der Waals surface area contributed by atoms with Gasteiger partial charge in [0.2, 0.25) is 5.95 Å². The predicted molar refractivity (Wildman–Crippen MR) is 112 cm³/mol. The Hall–Kier alpha value is -3.52. The Morgan fingerprint density at radius 3 is 2.90 bits per heavy atom. The highest BCUT2D eigenvalue weighted by atomic mass is 19.1. The Morgan fingerprint density at radius 1 is 1.23 bits per heavy atom. The molecule has 0 amide bonds. The first kappa shape index (κ1) is 18.5. The highest BCUT2D eigenvalue weighted by molar-refractivity contribution is 5.95. The molecule has 0 saturated carbocycles. The number of halogens is 1. The quantitative estimate of drug-likeness (QED) is 0.513. The van der Waals surface area contributed by atoms with Crippen molar-refractivity contribution in [3.63, 3.8) is 0 Å². The van der Waals surface area contributed by atoms with Gasteiger partial charge in [0.15, 0.2) is 17.2 Å². The lowest BCUT2D eigenvalue weighted by molar-refractivity contribution is 0.209. The number of ether oxygens (including phenoxy) is 1. The van der Waals surface area contributed by atoms with Gasteiger partial charge in [-0.05, 0) is 42.3 Å². The van der Waals surface area contributed by atoms with Crippen molar-refractivity contribution >= 4 is 22.5 Å². The summed E-state index contributed by atoms with van der Waals surface area (Å²) in [5.74, 6) is 1.30. The fourth-order valence-corrected chi connectivity index (χ4v) is 4.03. The van der Waals surface area contributed by atoms with E-state index < -0.39 is 0 Å². The van der Waals surface area contributed by atoms with Crippen molar-refractivity contribution in [1.82, 2.24) is 24.5 Å². The molecule has 2 aromatic carbocycles. The van der Waals surface area contributed by atoms with E-state index in [0.717, 1.165) is 24.0 Å². The first-order chi connectivity index (χ1) is 14.5. The predicted octanol–water partition coefficient (Wildman–Crippen LogP) is 3.47. The number of hydrogen-bond acceptors (Lipinski definition) is 6. The summed E-state index contributed by atoms with van der Waals surface area (Å²) in [6.45, 7) is 7.24. The molecule has 30 heavy (non-hydrogen) atoms. The van der Waals surface area contributed by atoms with Gasteiger partial charge in [-0.3, -0.25) is 4.90 Å². The van der Waals surface area contributed by atoms with Gasteiger partial charge in [0.25, 0.3) is 0 Å². The average Bonchev–Trinajstić information content (AvgIpc) is 3.33. The van der Waals surface area contributed by atoms with Crippen molar-refractivity contribution in [2.24, 2.45) is 0 Å². The van der Waals surface area contributed by atoms with Crippen LogP contribution in [0.1, 0.15) is 23.9 Å². The molecule has 152 valence electrons. The molecule has 2 N–H and O–H groups in total. The maximum absolute atomic E-state index is 13.5. The normalized spacial score (nSPS) is 14.9. The van der Waals surface area contributed by atoms with Gasteiger partial charge >= 0.3 is 0 Å². The minimum atomic E-state index is -0.195. The molecule has 0 bridgehead atoms. The van der Waals surface area contributed by atoms with Crippen LogP contribution < -0.4 is 10.5 Å². The average molecular weight is 404 g/mol. The van der Waals surface area contributed by atoms with Crippen LogP contribution in [0.4, 0.5) is 10.3 Å². The van der Waals surface area contributed by atoms with E-state index in [1.165, 1.54) is 17.9 Å². The number of rotatable bonds is 5. The van der Waals surface area contributed by atoms with Crippen LogP contribution in [0.15, 0.2) is 49.2 Å². The Kier molecular flexibility index (Phi) is 4.36. The first-order valence-corrected chi connectivity index (χ1v) is 9.76. The van der Waals surface area contributed by atoms with Gasteiger partial charge in [-0.1, -0.05) is 18.7 Å². The van der Waals surface area contributed by atoms with Crippen LogP contribution >= 0.6 is 0 Å². The summed E-state index contributed by atoms with van der Waals surface area (Å²) >= 11 is 0. The Morgan fingerprint density at radius 2 is 2.07 bits per heavy atom. The zero-order valence-corrected chi connectivity index (χ0v) is 16.5. The first-order valence-electron chi connectivity index (χ1n) is 9.76. The number of nitrogen functional groups attached to an aromatic ring is 1. The van der Waals surface area contributed by atoms with E-state index in [1.807, 2.05) is 18.2 Å². The van der Waals surface area contributed by atoms with Gasteiger partial charge in [0.05, 0.1) is 6.26 Å². The number of nitrogens with zero attached hydrogens (tertiary/aromatic N) is 5. The molecule has 4 aromatic rings. The Bertz CT molecular complexity index is 1280. The van der Waals surface area contributed by atoms with E-state index in [9.17, 15) is 4.39 Å². The van der Waals surface area contributed by atoms with E-state index >= 15 is 0 Å². The van der Waals surface area contributed by atoms with Crippen LogP contribution in [0.2, 0.25) is 0 Å². The smallest absolute Gasteiger partial charge is 0.223 e. The third kappa shape index (κ3) is 3.05. The standard InChI is InChI=1S/C22H21FN6O/c1-3-30-18-6-4-5-17-20(18)26-22(24)29-21(17)25-19(27-29)9-13(2)28-11-14-7-8-16(23)10-15(14)12-28/h3-8,10,13H,1,9,11-12H2,2H3,(H2,24,26). The molecule has 7 nitrogen and oxygen atoms in total. The van der Waals surface area contributed by atoms with Crippen LogP contribution in [-0.4, -0.2) is 30.5 Å². The number of nitrogens with two attached hydrogens (primary N) is 1. The molecule has 5 rings (SSSR count).